The van der Waals surface area contributed by atoms with Crippen molar-refractivity contribution in [3.05, 3.63) is 23.3 Å². The molecule has 0 saturated heterocycles. The second kappa shape index (κ2) is 4.25. The molecule has 0 bridgehead atoms. The molecule has 15 heavy (non-hydrogen) atoms. The maximum absolute atomic E-state index is 13.2. The number of benzene rings is 1. The van der Waals surface area contributed by atoms with E-state index >= 15 is 0 Å². The smallest absolute Gasteiger partial charge is 0.209 e. The topological polar surface area (TPSA) is 46.5 Å². The van der Waals surface area contributed by atoms with Gasteiger partial charge in [-0.3, -0.25) is 4.79 Å². The van der Waals surface area contributed by atoms with Crippen molar-refractivity contribution in [1.82, 2.24) is 0 Å². The van der Waals surface area contributed by atoms with E-state index in [1.807, 2.05) is 0 Å². The number of aromatic hydroxyl groups is 1. The molecule has 0 amide bonds. The van der Waals surface area contributed by atoms with Gasteiger partial charge in [-0.25, -0.2) is 4.39 Å². The van der Waals surface area contributed by atoms with Crippen LogP contribution in [0.2, 0.25) is 0 Å². The maximum Gasteiger partial charge on any atom is 0.209 e. The van der Waals surface area contributed by atoms with E-state index in [-0.39, 0.29) is 23.5 Å². The van der Waals surface area contributed by atoms with Gasteiger partial charge in [-0.05, 0) is 13.0 Å². The molecule has 1 N–H and O–H groups in total. The Bertz CT molecular complexity index is 402. The molecule has 0 fully saturated rings. The Kier molecular flexibility index (Phi) is 3.24. The quantitative estimate of drug-likeness (QED) is 0.838. The van der Waals surface area contributed by atoms with E-state index in [1.165, 1.54) is 14.0 Å². The van der Waals surface area contributed by atoms with Crippen molar-refractivity contribution in [1.29, 1.82) is 0 Å². The third-order valence-corrected chi connectivity index (χ3v) is 1.87. The van der Waals surface area contributed by atoms with Gasteiger partial charge in [0.15, 0.2) is 17.3 Å². The first-order valence-corrected chi connectivity index (χ1v) is 4.20. The highest BCUT2D eigenvalue weighted by molar-refractivity contribution is 5.79. The van der Waals surface area contributed by atoms with Crippen molar-refractivity contribution in [2.45, 2.75) is 13.3 Å². The fourth-order valence-corrected chi connectivity index (χ4v) is 1.26. The van der Waals surface area contributed by atoms with Gasteiger partial charge < -0.3 is 9.84 Å². The second-order valence-corrected chi connectivity index (χ2v) is 3.09. The number of phenolic OH excluding ortho intramolecular Hbond substituents is 1. The van der Waals surface area contributed by atoms with Gasteiger partial charge in [-0.15, -0.1) is 0 Å². The third kappa shape index (κ3) is 2.23. The molecule has 5 heteroatoms. The number of phenols is 1. The van der Waals surface area contributed by atoms with E-state index in [2.05, 4.69) is 4.74 Å². The van der Waals surface area contributed by atoms with Gasteiger partial charge in [0.25, 0.3) is 0 Å². The summed E-state index contributed by atoms with van der Waals surface area (Å²) >= 11 is 0. The Balaban J connectivity index is 3.31. The molecule has 0 aliphatic carbocycles. The maximum atomic E-state index is 13.2. The number of hydrogen-bond donors (Lipinski definition) is 1. The van der Waals surface area contributed by atoms with E-state index in [0.29, 0.717) is 0 Å². The molecule has 0 unspecified atom stereocenters. The number of methoxy groups -OCH3 is 1. The highest BCUT2D eigenvalue weighted by Crippen LogP contribution is 2.32. The molecule has 0 saturated carbocycles. The van der Waals surface area contributed by atoms with Gasteiger partial charge in [0.05, 0.1) is 7.11 Å². The third-order valence-electron chi connectivity index (χ3n) is 1.87. The lowest BCUT2D eigenvalue weighted by Gasteiger charge is -2.09. The van der Waals surface area contributed by atoms with Crippen LogP contribution in [0.15, 0.2) is 6.07 Å². The van der Waals surface area contributed by atoms with Gasteiger partial charge in [0.2, 0.25) is 5.82 Å². The van der Waals surface area contributed by atoms with E-state index < -0.39 is 17.4 Å². The highest BCUT2D eigenvalue weighted by atomic mass is 19.1. The molecular formula is C10H10F2O3. The largest absolute Gasteiger partial charge is 0.503 e. The molecule has 0 radical (unpaired) electrons. The average molecular weight is 216 g/mol. The number of Topliss-reactive ketones (excluding diaryl/α,β-unsaturated/α-hetero) is 1. The van der Waals surface area contributed by atoms with Crippen LogP contribution in [-0.4, -0.2) is 18.0 Å². The van der Waals surface area contributed by atoms with E-state index in [9.17, 15) is 13.6 Å². The van der Waals surface area contributed by atoms with Crippen LogP contribution in [0.4, 0.5) is 8.78 Å². The molecular weight excluding hydrogens is 206 g/mol. The van der Waals surface area contributed by atoms with Crippen LogP contribution in [0.5, 0.6) is 11.5 Å². The van der Waals surface area contributed by atoms with Gasteiger partial charge >= 0.3 is 0 Å². The number of halogens is 2. The summed E-state index contributed by atoms with van der Waals surface area (Å²) in [4.78, 5) is 10.8. The van der Waals surface area contributed by atoms with Crippen LogP contribution in [0.3, 0.4) is 0 Å². The van der Waals surface area contributed by atoms with Gasteiger partial charge in [0, 0.05) is 12.0 Å². The molecule has 0 aliphatic rings. The van der Waals surface area contributed by atoms with Gasteiger partial charge in [-0.2, -0.15) is 4.39 Å². The second-order valence-electron chi connectivity index (χ2n) is 3.09. The van der Waals surface area contributed by atoms with Crippen LogP contribution < -0.4 is 4.74 Å². The lowest BCUT2D eigenvalue weighted by molar-refractivity contribution is -0.116. The summed E-state index contributed by atoms with van der Waals surface area (Å²) in [6.45, 7) is 1.29. The summed E-state index contributed by atoms with van der Waals surface area (Å²) in [6, 6.07) is 0.888. The van der Waals surface area contributed by atoms with E-state index in [4.69, 9.17) is 5.11 Å². The zero-order valence-corrected chi connectivity index (χ0v) is 8.30. The van der Waals surface area contributed by atoms with Crippen LogP contribution in [0, 0.1) is 11.6 Å². The molecule has 82 valence electrons. The summed E-state index contributed by atoms with van der Waals surface area (Å²) in [5.41, 5.74) is 0.0813. The number of ketones is 1. The Labute approximate surface area is 85.3 Å². The molecule has 0 heterocycles. The molecule has 0 atom stereocenters. The molecule has 1 rings (SSSR count). The Morgan fingerprint density at radius 2 is 2.13 bits per heavy atom. The minimum Gasteiger partial charge on any atom is -0.503 e. The zero-order chi connectivity index (χ0) is 11.6. The summed E-state index contributed by atoms with van der Waals surface area (Å²) in [7, 11) is 1.18. The van der Waals surface area contributed by atoms with Crippen molar-refractivity contribution in [3.63, 3.8) is 0 Å². The van der Waals surface area contributed by atoms with Crippen molar-refractivity contribution in [2.75, 3.05) is 7.11 Å². The van der Waals surface area contributed by atoms with Gasteiger partial charge in [-0.1, -0.05) is 0 Å². The number of carbonyl (C=O) groups is 1. The molecule has 0 spiro atoms. The number of carbonyl (C=O) groups excluding carboxylic acids is 1. The predicted molar refractivity (Wildman–Crippen MR) is 49.0 cm³/mol. The fraction of sp³-hybridized carbons (Fsp3) is 0.300. The molecule has 1 aromatic carbocycles. The van der Waals surface area contributed by atoms with E-state index in [1.54, 1.807) is 0 Å². The number of ether oxygens (including phenoxy) is 1. The van der Waals surface area contributed by atoms with E-state index in [0.717, 1.165) is 6.07 Å². The van der Waals surface area contributed by atoms with Crippen LogP contribution in [0.25, 0.3) is 0 Å². The first-order valence-electron chi connectivity index (χ1n) is 4.20. The summed E-state index contributed by atoms with van der Waals surface area (Å²) < 4.78 is 30.9. The normalized spacial score (nSPS) is 10.1. The van der Waals surface area contributed by atoms with Crippen LogP contribution in [-0.2, 0) is 11.2 Å². The molecule has 0 aliphatic heterocycles. The zero-order valence-electron chi connectivity index (χ0n) is 8.30. The monoisotopic (exact) mass is 216 g/mol. The average Bonchev–Trinajstić information content (AvgIpc) is 2.14. The standard InChI is InChI=1S/C10H10F2O3/c1-5(13)3-6-4-7(11)9(14)8(12)10(6)15-2/h4,14H,3H2,1-2H3. The van der Waals surface area contributed by atoms with Crippen LogP contribution in [0.1, 0.15) is 12.5 Å². The Hall–Kier alpha value is -1.65. The first-order chi connectivity index (χ1) is 6.97. The molecule has 3 nitrogen and oxygen atoms in total. The number of hydrogen-bond acceptors (Lipinski definition) is 3. The van der Waals surface area contributed by atoms with Crippen molar-refractivity contribution in [3.8, 4) is 11.5 Å². The first kappa shape index (κ1) is 11.4. The summed E-state index contributed by atoms with van der Waals surface area (Å²) in [5, 5.41) is 8.96. The summed E-state index contributed by atoms with van der Waals surface area (Å²) in [6.07, 6.45) is -0.142. The minimum absolute atomic E-state index is 0.0813. The van der Waals surface area contributed by atoms with Gasteiger partial charge in [0.1, 0.15) is 5.78 Å². The fourth-order valence-electron chi connectivity index (χ4n) is 1.26. The molecule has 1 aromatic rings. The minimum atomic E-state index is -1.19. The van der Waals surface area contributed by atoms with Crippen LogP contribution >= 0.6 is 0 Å². The van der Waals surface area contributed by atoms with Crippen molar-refractivity contribution >= 4 is 5.78 Å². The Morgan fingerprint density at radius 1 is 1.53 bits per heavy atom. The summed E-state index contributed by atoms with van der Waals surface area (Å²) in [5.74, 6) is -3.95. The predicted octanol–water partition coefficient (Wildman–Crippen LogP) is 1.81. The highest BCUT2D eigenvalue weighted by Gasteiger charge is 2.19. The van der Waals surface area contributed by atoms with Crippen molar-refractivity contribution < 1.29 is 23.4 Å². The number of rotatable bonds is 3. The molecule has 0 aromatic heterocycles. The Morgan fingerprint density at radius 3 is 2.60 bits per heavy atom. The SMILES string of the molecule is COc1c(CC(C)=O)cc(F)c(O)c1F. The lowest BCUT2D eigenvalue weighted by atomic mass is 10.1. The van der Waals surface area contributed by atoms with Crippen molar-refractivity contribution in [2.24, 2.45) is 0 Å². The lowest BCUT2D eigenvalue weighted by Crippen LogP contribution is -2.03.